The van der Waals surface area contributed by atoms with E-state index in [-0.39, 0.29) is 3.34 Å². The van der Waals surface area contributed by atoms with Gasteiger partial charge in [-0.05, 0) is 3.34 Å². The number of thiol groups is 1. The highest BCUT2D eigenvalue weighted by atomic mass is 35.5. The van der Waals surface area contributed by atoms with E-state index in [1.807, 2.05) is 0 Å². The summed E-state index contributed by atoms with van der Waals surface area (Å²) in [4.78, 5) is 0. The van der Waals surface area contributed by atoms with Crippen molar-refractivity contribution in [2.24, 2.45) is 0 Å². The monoisotopic (exact) mass is 149 g/mol. The van der Waals surface area contributed by atoms with Crippen LogP contribution in [0.2, 0.25) is 0 Å². The number of halogens is 2. The minimum Gasteiger partial charge on any atom is -0.213 e. The Kier molecular flexibility index (Phi) is 2.84. The van der Waals surface area contributed by atoms with Gasteiger partial charge in [-0.1, -0.05) is 0 Å². The van der Waals surface area contributed by atoms with E-state index in [0.29, 0.717) is 0 Å². The van der Waals surface area contributed by atoms with Gasteiger partial charge < -0.3 is 0 Å². The van der Waals surface area contributed by atoms with Crippen LogP contribution in [0, 0.1) is 0 Å². The molecule has 6 heteroatoms. The largest absolute Gasteiger partial charge is 0.231 e. The first-order chi connectivity index (χ1) is 2.64. The SMILES string of the molecule is O=[SH](=O)N(Cl)Cl. The van der Waals surface area contributed by atoms with Gasteiger partial charge in [0.05, 0.1) is 0 Å². The van der Waals surface area contributed by atoms with E-state index < -0.39 is 10.9 Å². The molecule has 0 fully saturated rings. The highest BCUT2D eigenvalue weighted by Crippen LogP contribution is 1.94. The van der Waals surface area contributed by atoms with Crippen molar-refractivity contribution in [3.05, 3.63) is 0 Å². The van der Waals surface area contributed by atoms with Crippen molar-refractivity contribution in [2.75, 3.05) is 0 Å². The van der Waals surface area contributed by atoms with Gasteiger partial charge in [0.25, 0.3) is 0 Å². The molecule has 0 aromatic carbocycles. The molecule has 0 rings (SSSR count). The molecule has 0 aromatic rings. The molecule has 0 atom stereocenters. The van der Waals surface area contributed by atoms with Crippen molar-refractivity contribution in [1.82, 2.24) is 3.34 Å². The maximum absolute atomic E-state index is 9.40. The van der Waals surface area contributed by atoms with Crippen LogP contribution < -0.4 is 0 Å². The number of nitrogens with zero attached hydrogens (tertiary/aromatic N) is 1. The Morgan fingerprint density at radius 3 is 1.50 bits per heavy atom. The summed E-state index contributed by atoms with van der Waals surface area (Å²) in [5.74, 6) is 0. The van der Waals surface area contributed by atoms with Crippen molar-refractivity contribution in [1.29, 1.82) is 0 Å². The van der Waals surface area contributed by atoms with Crippen LogP contribution >= 0.6 is 23.6 Å². The van der Waals surface area contributed by atoms with E-state index in [9.17, 15) is 8.42 Å². The van der Waals surface area contributed by atoms with E-state index in [0.717, 1.165) is 0 Å². The molecule has 0 N–H and O–H groups in total. The lowest BCUT2D eigenvalue weighted by Gasteiger charge is -1.82. The zero-order chi connectivity index (χ0) is 5.15. The van der Waals surface area contributed by atoms with Gasteiger partial charge in [-0.3, -0.25) is 0 Å². The molecule has 0 aromatic heterocycles. The van der Waals surface area contributed by atoms with Crippen LogP contribution in [0.5, 0.6) is 0 Å². The Hall–Kier alpha value is 0.490. The molecule has 0 aliphatic carbocycles. The molecule has 0 unspecified atom stereocenters. The summed E-state index contributed by atoms with van der Waals surface area (Å²) in [5, 5.41) is 0. The van der Waals surface area contributed by atoms with Gasteiger partial charge in [-0.15, -0.1) is 0 Å². The van der Waals surface area contributed by atoms with Crippen LogP contribution in [-0.4, -0.2) is 11.8 Å². The molecule has 0 radical (unpaired) electrons. The maximum atomic E-state index is 9.40. The van der Waals surface area contributed by atoms with Crippen LogP contribution in [0.1, 0.15) is 0 Å². The molecule has 0 amide bonds. The smallest absolute Gasteiger partial charge is 0.213 e. The fraction of sp³-hybridized carbons (Fsp3) is 0. The molecule has 0 heterocycles. The van der Waals surface area contributed by atoms with Crippen molar-refractivity contribution in [3.8, 4) is 0 Å². The lowest BCUT2D eigenvalue weighted by molar-refractivity contribution is 0.600. The predicted octanol–water partition coefficient (Wildman–Crippen LogP) is 0.122. The third kappa shape index (κ3) is 2.71. The molecule has 0 bridgehead atoms. The summed E-state index contributed by atoms with van der Waals surface area (Å²) in [5.41, 5.74) is 0. The van der Waals surface area contributed by atoms with Crippen LogP contribution in [0.15, 0.2) is 0 Å². The number of hydrogen-bond acceptors (Lipinski definition) is 2. The Morgan fingerprint density at radius 1 is 1.33 bits per heavy atom. The third-order valence-corrected chi connectivity index (χ3v) is 1.11. The van der Waals surface area contributed by atoms with Crippen molar-refractivity contribution in [2.45, 2.75) is 0 Å². The first-order valence-corrected chi connectivity index (χ1v) is 2.71. The Bertz CT molecular complexity index is 87.7. The fourth-order valence-corrected chi connectivity index (χ4v) is 0. The van der Waals surface area contributed by atoms with Gasteiger partial charge >= 0.3 is 0 Å². The van der Waals surface area contributed by atoms with E-state index in [1.54, 1.807) is 0 Å². The molecular weight excluding hydrogens is 149 g/mol. The second kappa shape index (κ2) is 2.63. The van der Waals surface area contributed by atoms with E-state index in [1.165, 1.54) is 0 Å². The first kappa shape index (κ1) is 6.49. The normalized spacial score (nSPS) is 10.7. The summed E-state index contributed by atoms with van der Waals surface area (Å²) in [6, 6.07) is 0. The summed E-state index contributed by atoms with van der Waals surface area (Å²) < 4.78 is 18.9. The molecule has 38 valence electrons. The zero-order valence-electron chi connectivity index (χ0n) is 2.47. The predicted molar refractivity (Wildman–Crippen MR) is 23.9 cm³/mol. The van der Waals surface area contributed by atoms with Crippen LogP contribution in [0.4, 0.5) is 0 Å². The second-order valence-electron chi connectivity index (χ2n) is 0.453. The molecule has 3 nitrogen and oxygen atoms in total. The first-order valence-electron chi connectivity index (χ1n) is 0.903. The molecule has 6 heavy (non-hydrogen) atoms. The van der Waals surface area contributed by atoms with Crippen LogP contribution in [-0.2, 0) is 10.9 Å². The maximum Gasteiger partial charge on any atom is 0.231 e. The molecule has 0 aliphatic rings. The minimum atomic E-state index is -2.80. The number of hydrogen-bond donors (Lipinski definition) is 1. The second-order valence-corrected chi connectivity index (χ2v) is 2.65. The van der Waals surface area contributed by atoms with Crippen molar-refractivity contribution >= 4 is 34.4 Å². The fourth-order valence-electron chi connectivity index (χ4n) is 0. The van der Waals surface area contributed by atoms with Crippen molar-refractivity contribution in [3.63, 3.8) is 0 Å². The highest BCUT2D eigenvalue weighted by molar-refractivity contribution is 7.72. The average Bonchev–Trinajstić information content (AvgIpc) is 1.36. The van der Waals surface area contributed by atoms with Gasteiger partial charge in [0, 0.05) is 23.6 Å². The van der Waals surface area contributed by atoms with Gasteiger partial charge in [0.1, 0.15) is 0 Å². The number of rotatable bonds is 1. The Balaban J connectivity index is 3.57. The van der Waals surface area contributed by atoms with E-state index in [2.05, 4.69) is 23.6 Å². The zero-order valence-corrected chi connectivity index (χ0v) is 4.87. The van der Waals surface area contributed by atoms with Gasteiger partial charge in [0.15, 0.2) is 0 Å². The molecule has 0 aliphatic heterocycles. The summed E-state index contributed by atoms with van der Waals surface area (Å²) in [6.45, 7) is 0. The molecular formula is HCl2NO2S. The Morgan fingerprint density at radius 2 is 1.50 bits per heavy atom. The topological polar surface area (TPSA) is 37.4 Å². The molecule has 0 saturated heterocycles. The summed E-state index contributed by atoms with van der Waals surface area (Å²) >= 11 is 9.23. The average molecular weight is 150 g/mol. The summed E-state index contributed by atoms with van der Waals surface area (Å²) in [7, 11) is -2.80. The lowest BCUT2D eigenvalue weighted by Crippen LogP contribution is -1.89. The minimum absolute atomic E-state index is 0.0648. The third-order valence-electron chi connectivity index (χ3n) is 0.123. The lowest BCUT2D eigenvalue weighted by atomic mass is 13.9. The quantitative estimate of drug-likeness (QED) is 0.425. The van der Waals surface area contributed by atoms with Crippen molar-refractivity contribution < 1.29 is 8.42 Å². The molecule has 0 spiro atoms. The van der Waals surface area contributed by atoms with Gasteiger partial charge in [-0.25, -0.2) is 8.42 Å². The Labute approximate surface area is 46.8 Å². The van der Waals surface area contributed by atoms with Gasteiger partial charge in [-0.2, -0.15) is 0 Å². The van der Waals surface area contributed by atoms with E-state index >= 15 is 0 Å². The van der Waals surface area contributed by atoms with E-state index in [4.69, 9.17) is 0 Å². The highest BCUT2D eigenvalue weighted by Gasteiger charge is 1.89. The standard InChI is InChI=1S/Cl2HNO2S/c1-3(2)6(4)5/h6H. The van der Waals surface area contributed by atoms with Crippen LogP contribution in [0.25, 0.3) is 0 Å². The summed E-state index contributed by atoms with van der Waals surface area (Å²) in [6.07, 6.45) is 0. The van der Waals surface area contributed by atoms with Crippen LogP contribution in [0.3, 0.4) is 0 Å². The molecule has 0 saturated carbocycles. The van der Waals surface area contributed by atoms with Gasteiger partial charge in [0.2, 0.25) is 10.9 Å².